The second kappa shape index (κ2) is 11.4. The molecule has 0 spiro atoms. The van der Waals surface area contributed by atoms with E-state index >= 15 is 0 Å². The molecule has 1 aliphatic rings. The molecule has 0 amide bonds. The van der Waals surface area contributed by atoms with E-state index in [0.717, 1.165) is 36.8 Å². The normalized spacial score (nSPS) is 19.6. The number of hydrogen-bond donors (Lipinski definition) is 0. The number of rotatable bonds is 10. The average Bonchev–Trinajstić information content (AvgIpc) is 2.79. The van der Waals surface area contributed by atoms with Crippen LogP contribution in [0.25, 0.3) is 0 Å². The van der Waals surface area contributed by atoms with Gasteiger partial charge in [0.05, 0.1) is 12.2 Å². The lowest BCUT2D eigenvalue weighted by atomic mass is 9.78. The molecule has 0 aromatic heterocycles. The monoisotopic (exact) mass is 424 g/mol. The van der Waals surface area contributed by atoms with Gasteiger partial charge in [-0.2, -0.15) is 8.78 Å². The zero-order chi connectivity index (χ0) is 22.1. The van der Waals surface area contributed by atoms with Crippen LogP contribution in [-0.4, -0.2) is 6.61 Å². The Morgan fingerprint density at radius 2 is 1.55 bits per heavy atom. The molecule has 0 bridgehead atoms. The van der Waals surface area contributed by atoms with E-state index in [1.807, 2.05) is 42.5 Å². The highest BCUT2D eigenvalue weighted by Gasteiger charge is 2.33. The fourth-order valence-corrected chi connectivity index (χ4v) is 4.39. The summed E-state index contributed by atoms with van der Waals surface area (Å²) in [6.45, 7) is 5.77. The van der Waals surface area contributed by atoms with E-state index in [1.54, 1.807) is 0 Å². The summed E-state index contributed by atoms with van der Waals surface area (Å²) in [7, 11) is 0. The van der Waals surface area contributed by atoms with Crippen LogP contribution in [0, 0.1) is 5.92 Å². The van der Waals surface area contributed by atoms with Gasteiger partial charge in [-0.1, -0.05) is 66.8 Å². The van der Waals surface area contributed by atoms with Gasteiger partial charge in [-0.15, -0.1) is 6.58 Å². The molecule has 166 valence electrons. The largest absolute Gasteiger partial charge is 0.383 e. The first kappa shape index (κ1) is 23.4. The molecule has 0 N–H and O–H groups in total. The van der Waals surface area contributed by atoms with Crippen LogP contribution in [0.5, 0.6) is 0 Å². The molecule has 0 atom stereocenters. The summed E-state index contributed by atoms with van der Waals surface area (Å²) >= 11 is 0. The standard InChI is InChI=1S/C28H34F2O/c1-3-5-7-23-8-10-24(11-9-23)20-21-31-28(29,30)27-18-16-26(17-19-27)25-14-12-22(6-4-2)13-15-25/h3-4,6,8-11,16-19,22,25H,1,5,7,12-15,20-21H2,2H3/b6-4+. The summed E-state index contributed by atoms with van der Waals surface area (Å²) in [5, 5.41) is 0. The smallest absolute Gasteiger partial charge is 0.316 e. The maximum atomic E-state index is 14.5. The Morgan fingerprint density at radius 1 is 0.935 bits per heavy atom. The van der Waals surface area contributed by atoms with Crippen LogP contribution in [-0.2, 0) is 23.7 Å². The van der Waals surface area contributed by atoms with E-state index in [4.69, 9.17) is 4.74 Å². The van der Waals surface area contributed by atoms with Crippen LogP contribution in [0.1, 0.15) is 67.2 Å². The molecule has 3 rings (SSSR count). The lowest BCUT2D eigenvalue weighted by Gasteiger charge is -2.27. The third kappa shape index (κ3) is 6.87. The Labute approximate surface area is 185 Å². The van der Waals surface area contributed by atoms with Crippen LogP contribution in [0.3, 0.4) is 0 Å². The number of ether oxygens (including phenoxy) is 1. The van der Waals surface area contributed by atoms with Gasteiger partial charge < -0.3 is 4.74 Å². The van der Waals surface area contributed by atoms with Gasteiger partial charge in [0, 0.05) is 0 Å². The van der Waals surface area contributed by atoms with Crippen molar-refractivity contribution in [2.45, 2.75) is 63.9 Å². The SMILES string of the molecule is C=CCCc1ccc(CCOC(F)(F)c2ccc(C3CCC(/C=C/C)CC3)cc2)cc1. The molecule has 1 nitrogen and oxygen atoms in total. The summed E-state index contributed by atoms with van der Waals surface area (Å²) in [6.07, 6.45) is 9.97. The molecule has 2 aromatic carbocycles. The molecule has 31 heavy (non-hydrogen) atoms. The molecule has 1 fully saturated rings. The van der Waals surface area contributed by atoms with Crippen LogP contribution in [0.4, 0.5) is 8.78 Å². The quantitative estimate of drug-likeness (QED) is 0.351. The van der Waals surface area contributed by atoms with E-state index in [-0.39, 0.29) is 12.2 Å². The molecule has 0 heterocycles. The Bertz CT molecular complexity index is 828. The Balaban J connectivity index is 1.49. The maximum Gasteiger partial charge on any atom is 0.383 e. The molecule has 0 radical (unpaired) electrons. The lowest BCUT2D eigenvalue weighted by Crippen LogP contribution is -2.20. The summed E-state index contributed by atoms with van der Waals surface area (Å²) in [4.78, 5) is 0. The molecule has 3 heteroatoms. The van der Waals surface area contributed by atoms with Crippen molar-refractivity contribution < 1.29 is 13.5 Å². The molecular formula is C28H34F2O. The van der Waals surface area contributed by atoms with Gasteiger partial charge in [0.2, 0.25) is 0 Å². The fourth-order valence-electron chi connectivity index (χ4n) is 4.39. The summed E-state index contributed by atoms with van der Waals surface area (Å²) < 4.78 is 34.1. The van der Waals surface area contributed by atoms with Gasteiger partial charge in [-0.25, -0.2) is 0 Å². The minimum Gasteiger partial charge on any atom is -0.316 e. The van der Waals surface area contributed by atoms with E-state index in [0.29, 0.717) is 18.3 Å². The Kier molecular flexibility index (Phi) is 8.60. The van der Waals surface area contributed by atoms with Crippen molar-refractivity contribution in [1.29, 1.82) is 0 Å². The predicted molar refractivity (Wildman–Crippen MR) is 124 cm³/mol. The molecule has 2 aromatic rings. The van der Waals surface area contributed by atoms with E-state index in [9.17, 15) is 8.78 Å². The Hall–Kier alpha value is -2.26. The maximum absolute atomic E-state index is 14.5. The van der Waals surface area contributed by atoms with Gasteiger partial charge in [-0.3, -0.25) is 0 Å². The van der Waals surface area contributed by atoms with Crippen molar-refractivity contribution in [2.24, 2.45) is 5.92 Å². The highest BCUT2D eigenvalue weighted by atomic mass is 19.3. The second-order valence-corrected chi connectivity index (χ2v) is 8.52. The lowest BCUT2D eigenvalue weighted by molar-refractivity contribution is -0.248. The van der Waals surface area contributed by atoms with Crippen LogP contribution in [0.2, 0.25) is 0 Å². The molecular weight excluding hydrogens is 390 g/mol. The van der Waals surface area contributed by atoms with E-state index in [2.05, 4.69) is 25.7 Å². The third-order valence-electron chi connectivity index (χ3n) is 6.29. The van der Waals surface area contributed by atoms with Crippen molar-refractivity contribution in [1.82, 2.24) is 0 Å². The van der Waals surface area contributed by atoms with E-state index in [1.165, 1.54) is 30.5 Å². The average molecular weight is 425 g/mol. The first-order valence-electron chi connectivity index (χ1n) is 11.5. The van der Waals surface area contributed by atoms with Gasteiger partial charge in [0.25, 0.3) is 0 Å². The van der Waals surface area contributed by atoms with Crippen molar-refractivity contribution >= 4 is 0 Å². The predicted octanol–water partition coefficient (Wildman–Crippen LogP) is 7.96. The highest BCUT2D eigenvalue weighted by molar-refractivity contribution is 5.28. The number of alkyl halides is 2. The topological polar surface area (TPSA) is 9.23 Å². The molecule has 0 unspecified atom stereocenters. The number of hydrogen-bond acceptors (Lipinski definition) is 1. The van der Waals surface area contributed by atoms with E-state index < -0.39 is 6.11 Å². The van der Waals surface area contributed by atoms with Crippen molar-refractivity contribution in [3.63, 3.8) is 0 Å². The molecule has 1 saturated carbocycles. The first-order valence-corrected chi connectivity index (χ1v) is 11.5. The van der Waals surface area contributed by atoms with Gasteiger partial charge in [-0.05, 0) is 80.4 Å². The van der Waals surface area contributed by atoms with Crippen LogP contribution < -0.4 is 0 Å². The van der Waals surface area contributed by atoms with Crippen LogP contribution in [0.15, 0.2) is 73.3 Å². The summed E-state index contributed by atoms with van der Waals surface area (Å²) in [6, 6.07) is 14.8. The second-order valence-electron chi connectivity index (χ2n) is 8.52. The van der Waals surface area contributed by atoms with Gasteiger partial charge >= 0.3 is 6.11 Å². The number of allylic oxidation sites excluding steroid dienone is 3. The zero-order valence-corrected chi connectivity index (χ0v) is 18.5. The minimum atomic E-state index is -3.27. The summed E-state index contributed by atoms with van der Waals surface area (Å²) in [5.74, 6) is 1.14. The Morgan fingerprint density at radius 3 is 2.13 bits per heavy atom. The number of halogens is 2. The molecule has 1 aliphatic carbocycles. The van der Waals surface area contributed by atoms with Crippen molar-refractivity contribution in [2.75, 3.05) is 6.61 Å². The number of aryl methyl sites for hydroxylation is 1. The van der Waals surface area contributed by atoms with Crippen molar-refractivity contribution in [3.05, 3.63) is 95.6 Å². The number of benzene rings is 2. The molecule has 0 aliphatic heterocycles. The summed E-state index contributed by atoms with van der Waals surface area (Å²) in [5.41, 5.74) is 3.32. The van der Waals surface area contributed by atoms with Gasteiger partial charge in [0.15, 0.2) is 0 Å². The fraction of sp³-hybridized carbons (Fsp3) is 0.429. The minimum absolute atomic E-state index is 0.0181. The zero-order valence-electron chi connectivity index (χ0n) is 18.5. The van der Waals surface area contributed by atoms with Crippen LogP contribution >= 0.6 is 0 Å². The first-order chi connectivity index (χ1) is 15.0. The van der Waals surface area contributed by atoms with Gasteiger partial charge in [0.1, 0.15) is 0 Å². The third-order valence-corrected chi connectivity index (χ3v) is 6.29. The van der Waals surface area contributed by atoms with Crippen molar-refractivity contribution in [3.8, 4) is 0 Å². The molecule has 0 saturated heterocycles. The highest BCUT2D eigenvalue weighted by Crippen LogP contribution is 2.37.